The van der Waals surface area contributed by atoms with Gasteiger partial charge >= 0.3 is 5.97 Å². The third kappa shape index (κ3) is 3.41. The van der Waals surface area contributed by atoms with Gasteiger partial charge in [-0.15, -0.1) is 0 Å². The molecule has 2 aromatic rings. The zero-order chi connectivity index (χ0) is 16.4. The number of hydrogen-bond donors (Lipinski definition) is 0. The Kier molecular flexibility index (Phi) is 4.41. The molecule has 0 aromatic heterocycles. The second-order valence-corrected chi connectivity index (χ2v) is 5.54. The van der Waals surface area contributed by atoms with Crippen LogP contribution < -0.4 is 9.47 Å². The maximum atomic E-state index is 12.1. The minimum absolute atomic E-state index is 0.112. The minimum atomic E-state index is -0.637. The maximum Gasteiger partial charge on any atom is 0.338 e. The molecule has 0 radical (unpaired) electrons. The smallest absolute Gasteiger partial charge is 0.338 e. The Balaban J connectivity index is 1.65. The van der Waals surface area contributed by atoms with Crippen LogP contribution in [0.1, 0.15) is 20.7 Å². The monoisotopic (exact) mass is 352 g/mol. The van der Waals surface area contributed by atoms with Crippen molar-refractivity contribution in [2.75, 3.05) is 13.4 Å². The van der Waals surface area contributed by atoms with Gasteiger partial charge in [-0.2, -0.15) is 0 Å². The molecule has 118 valence electrons. The van der Waals surface area contributed by atoms with Crippen LogP contribution in [0.4, 0.5) is 0 Å². The third-order valence-corrected chi connectivity index (χ3v) is 3.72. The Morgan fingerprint density at radius 2 is 1.83 bits per heavy atom. The minimum Gasteiger partial charge on any atom is -0.454 e. The number of benzene rings is 2. The average Bonchev–Trinajstić information content (AvgIpc) is 2.99. The average molecular weight is 353 g/mol. The normalized spacial score (nSPS) is 12.1. The van der Waals surface area contributed by atoms with Crippen molar-refractivity contribution in [1.82, 2.24) is 0 Å². The summed E-state index contributed by atoms with van der Waals surface area (Å²) in [5.41, 5.74) is 0.513. The largest absolute Gasteiger partial charge is 0.454 e. The lowest BCUT2D eigenvalue weighted by Crippen LogP contribution is -2.14. The molecule has 0 unspecified atom stereocenters. The number of hydrogen-bond acceptors (Lipinski definition) is 5. The second-order valence-electron chi connectivity index (χ2n) is 4.69. The molecule has 2 aromatic carbocycles. The van der Waals surface area contributed by atoms with Crippen molar-refractivity contribution in [2.45, 2.75) is 0 Å². The van der Waals surface area contributed by atoms with E-state index in [1.807, 2.05) is 0 Å². The maximum absolute atomic E-state index is 12.1. The lowest BCUT2D eigenvalue weighted by atomic mass is 10.1. The van der Waals surface area contributed by atoms with Crippen LogP contribution in [0.2, 0.25) is 10.0 Å². The van der Waals surface area contributed by atoms with E-state index in [1.54, 1.807) is 12.1 Å². The van der Waals surface area contributed by atoms with E-state index in [-0.39, 0.29) is 22.9 Å². The predicted octanol–water partition coefficient (Wildman–Crippen LogP) is 3.76. The van der Waals surface area contributed by atoms with Gasteiger partial charge < -0.3 is 14.2 Å². The molecule has 3 rings (SSSR count). The summed E-state index contributed by atoms with van der Waals surface area (Å²) >= 11 is 11.7. The summed E-state index contributed by atoms with van der Waals surface area (Å²) in [6.07, 6.45) is 0. The number of esters is 1. The van der Waals surface area contributed by atoms with Gasteiger partial charge in [0.2, 0.25) is 12.6 Å². The van der Waals surface area contributed by atoms with E-state index < -0.39 is 18.4 Å². The molecule has 1 heterocycles. The van der Waals surface area contributed by atoms with Gasteiger partial charge in [-0.25, -0.2) is 4.79 Å². The van der Waals surface area contributed by atoms with E-state index >= 15 is 0 Å². The molecule has 5 nitrogen and oxygen atoms in total. The van der Waals surface area contributed by atoms with Crippen molar-refractivity contribution in [3.63, 3.8) is 0 Å². The van der Waals surface area contributed by atoms with Crippen molar-refractivity contribution >= 4 is 35.0 Å². The molecule has 0 fully saturated rings. The molecule has 0 saturated heterocycles. The van der Waals surface area contributed by atoms with Gasteiger partial charge in [0.15, 0.2) is 18.1 Å². The van der Waals surface area contributed by atoms with E-state index in [9.17, 15) is 9.59 Å². The first kappa shape index (κ1) is 15.6. The van der Waals surface area contributed by atoms with Crippen molar-refractivity contribution < 1.29 is 23.8 Å². The van der Waals surface area contributed by atoms with E-state index in [0.29, 0.717) is 16.5 Å². The molecule has 1 aliphatic heterocycles. The Labute approximate surface area is 141 Å². The van der Waals surface area contributed by atoms with Crippen LogP contribution in [-0.4, -0.2) is 25.2 Å². The summed E-state index contributed by atoms with van der Waals surface area (Å²) in [5.74, 6) is -0.0282. The Morgan fingerprint density at radius 1 is 1.04 bits per heavy atom. The zero-order valence-corrected chi connectivity index (χ0v) is 13.2. The van der Waals surface area contributed by atoms with Gasteiger partial charge in [0, 0.05) is 10.6 Å². The van der Waals surface area contributed by atoms with Crippen LogP contribution in [0.3, 0.4) is 0 Å². The van der Waals surface area contributed by atoms with Gasteiger partial charge in [-0.05, 0) is 36.4 Å². The second kappa shape index (κ2) is 6.48. The Bertz CT molecular complexity index is 788. The van der Waals surface area contributed by atoms with Crippen LogP contribution >= 0.6 is 23.2 Å². The van der Waals surface area contributed by atoms with Crippen LogP contribution in [0.25, 0.3) is 0 Å². The lowest BCUT2D eigenvalue weighted by Gasteiger charge is -2.06. The SMILES string of the molecule is O=C(OCC(=O)c1ccc(Cl)cc1Cl)c1ccc2c(c1)OCO2. The highest BCUT2D eigenvalue weighted by Crippen LogP contribution is 2.32. The molecular formula is C16H10Cl2O5. The molecule has 1 aliphatic rings. The number of carbonyl (C=O) groups excluding carboxylic acids is 2. The molecule has 0 spiro atoms. The highest BCUT2D eigenvalue weighted by molar-refractivity contribution is 6.36. The molecule has 0 amide bonds. The van der Waals surface area contributed by atoms with E-state index in [2.05, 4.69) is 0 Å². The number of Topliss-reactive ketones (excluding diaryl/α,β-unsaturated/α-hetero) is 1. The number of rotatable bonds is 4. The fourth-order valence-corrected chi connectivity index (χ4v) is 2.55. The molecule has 0 atom stereocenters. The number of halogens is 2. The zero-order valence-electron chi connectivity index (χ0n) is 11.7. The molecule has 23 heavy (non-hydrogen) atoms. The van der Waals surface area contributed by atoms with Crippen molar-refractivity contribution in [3.8, 4) is 11.5 Å². The lowest BCUT2D eigenvalue weighted by molar-refractivity contribution is 0.0474. The molecule has 0 aliphatic carbocycles. The van der Waals surface area contributed by atoms with E-state index in [1.165, 1.54) is 24.3 Å². The van der Waals surface area contributed by atoms with Crippen LogP contribution in [0, 0.1) is 0 Å². The predicted molar refractivity (Wildman–Crippen MR) is 83.6 cm³/mol. The highest BCUT2D eigenvalue weighted by atomic mass is 35.5. The van der Waals surface area contributed by atoms with E-state index in [4.69, 9.17) is 37.4 Å². The quantitative estimate of drug-likeness (QED) is 0.619. The molecule has 0 N–H and O–H groups in total. The number of carbonyl (C=O) groups is 2. The Morgan fingerprint density at radius 3 is 2.61 bits per heavy atom. The fourth-order valence-electron chi connectivity index (χ4n) is 2.03. The van der Waals surface area contributed by atoms with E-state index in [0.717, 1.165) is 0 Å². The summed E-state index contributed by atoms with van der Waals surface area (Å²) in [5, 5.41) is 0.630. The number of ether oxygens (including phenoxy) is 3. The fraction of sp³-hybridized carbons (Fsp3) is 0.125. The first-order valence-corrected chi connectivity index (χ1v) is 7.35. The first-order valence-electron chi connectivity index (χ1n) is 6.59. The van der Waals surface area contributed by atoms with Crippen molar-refractivity contribution in [2.24, 2.45) is 0 Å². The topological polar surface area (TPSA) is 61.8 Å². The molecule has 0 bridgehead atoms. The Hall–Kier alpha value is -2.24. The molecule has 0 saturated carbocycles. The summed E-state index contributed by atoms with van der Waals surface area (Å²) in [6.45, 7) is -0.310. The van der Waals surface area contributed by atoms with Gasteiger partial charge in [-0.3, -0.25) is 4.79 Å². The van der Waals surface area contributed by atoms with Gasteiger partial charge in [0.05, 0.1) is 10.6 Å². The summed E-state index contributed by atoms with van der Waals surface area (Å²) in [6, 6.07) is 9.13. The van der Waals surface area contributed by atoms with Gasteiger partial charge in [0.1, 0.15) is 0 Å². The van der Waals surface area contributed by atoms with Crippen molar-refractivity contribution in [3.05, 3.63) is 57.6 Å². The van der Waals surface area contributed by atoms with Crippen molar-refractivity contribution in [1.29, 1.82) is 0 Å². The third-order valence-electron chi connectivity index (χ3n) is 3.17. The van der Waals surface area contributed by atoms with Gasteiger partial charge in [-0.1, -0.05) is 23.2 Å². The summed E-state index contributed by atoms with van der Waals surface area (Å²) in [7, 11) is 0. The summed E-state index contributed by atoms with van der Waals surface area (Å²) < 4.78 is 15.4. The standard InChI is InChI=1S/C16H10Cl2O5/c17-10-2-3-11(12(18)6-10)13(19)7-21-16(20)9-1-4-14-15(5-9)23-8-22-14/h1-6H,7-8H2. The number of ketones is 1. The highest BCUT2D eigenvalue weighted by Gasteiger charge is 2.18. The van der Waals surface area contributed by atoms with Gasteiger partial charge in [0.25, 0.3) is 0 Å². The first-order chi connectivity index (χ1) is 11.0. The molecule has 7 heteroatoms. The molecular weight excluding hydrogens is 343 g/mol. The number of fused-ring (bicyclic) bond motifs is 1. The van der Waals surface area contributed by atoms with Crippen LogP contribution in [0.15, 0.2) is 36.4 Å². The van der Waals surface area contributed by atoms with Crippen LogP contribution in [0.5, 0.6) is 11.5 Å². The van der Waals surface area contributed by atoms with Crippen LogP contribution in [-0.2, 0) is 4.74 Å². The summed E-state index contributed by atoms with van der Waals surface area (Å²) in [4.78, 5) is 24.0.